The number of amides is 1. The summed E-state index contributed by atoms with van der Waals surface area (Å²) in [5, 5.41) is 21.5. The monoisotopic (exact) mass is 466 g/mol. The van der Waals surface area contributed by atoms with E-state index in [1.165, 1.54) is 11.0 Å². The maximum absolute atomic E-state index is 13.2. The largest absolute Gasteiger partial charge is 0.507 e. The van der Waals surface area contributed by atoms with Crippen molar-refractivity contribution in [2.45, 2.75) is 40.2 Å². The summed E-state index contributed by atoms with van der Waals surface area (Å²) in [6, 6.07) is 11.2. The summed E-state index contributed by atoms with van der Waals surface area (Å²) in [7, 11) is 0. The quantitative estimate of drug-likeness (QED) is 0.309. The number of carbonyl (C=O) groups excluding carboxylic acids is 2. The van der Waals surface area contributed by atoms with Crippen LogP contribution < -0.4 is 4.74 Å². The Hall–Kier alpha value is -3.32. The molecule has 1 aliphatic rings. The van der Waals surface area contributed by atoms with Crippen LogP contribution >= 0.6 is 0 Å². The molecule has 0 radical (unpaired) electrons. The van der Waals surface area contributed by atoms with Gasteiger partial charge in [-0.25, -0.2) is 0 Å². The fraction of sp³-hybridized carbons (Fsp3) is 0.407. The van der Waals surface area contributed by atoms with Gasteiger partial charge in [-0.2, -0.15) is 0 Å². The molecule has 2 aromatic carbocycles. The smallest absolute Gasteiger partial charge is 0.295 e. The minimum atomic E-state index is -0.757. The molecule has 1 unspecified atom stereocenters. The van der Waals surface area contributed by atoms with E-state index in [0.29, 0.717) is 30.9 Å². The van der Waals surface area contributed by atoms with Gasteiger partial charge in [-0.15, -0.1) is 0 Å². The second-order valence-electron chi connectivity index (χ2n) is 8.40. The summed E-state index contributed by atoms with van der Waals surface area (Å²) in [6.07, 6.45) is 0.692. The average Bonchev–Trinajstić information content (AvgIpc) is 3.08. The van der Waals surface area contributed by atoms with E-state index >= 15 is 0 Å². The number of Topliss-reactive ketones (excluding diaryl/α,β-unsaturated/α-hetero) is 1. The maximum Gasteiger partial charge on any atom is 0.295 e. The van der Waals surface area contributed by atoms with Crippen molar-refractivity contribution in [1.82, 2.24) is 9.80 Å². The number of benzene rings is 2. The van der Waals surface area contributed by atoms with E-state index in [1.807, 2.05) is 26.0 Å². The van der Waals surface area contributed by atoms with Crippen LogP contribution in [0.2, 0.25) is 0 Å². The van der Waals surface area contributed by atoms with Gasteiger partial charge < -0.3 is 24.7 Å². The lowest BCUT2D eigenvalue weighted by Crippen LogP contribution is -2.33. The van der Waals surface area contributed by atoms with Gasteiger partial charge in [0.2, 0.25) is 0 Å². The molecular weight excluding hydrogens is 432 g/mol. The van der Waals surface area contributed by atoms with Gasteiger partial charge >= 0.3 is 0 Å². The van der Waals surface area contributed by atoms with Gasteiger partial charge in [0.25, 0.3) is 11.7 Å². The number of carbonyl (C=O) groups is 2. The third kappa shape index (κ3) is 5.25. The third-order valence-corrected chi connectivity index (χ3v) is 6.22. The van der Waals surface area contributed by atoms with Crippen molar-refractivity contribution in [3.8, 4) is 11.5 Å². The number of likely N-dealkylation sites (tertiary alicyclic amines) is 1. The molecule has 1 fully saturated rings. The molecule has 7 heteroatoms. The molecule has 34 heavy (non-hydrogen) atoms. The molecule has 0 aromatic heterocycles. The van der Waals surface area contributed by atoms with Crippen molar-refractivity contribution < 1.29 is 24.5 Å². The van der Waals surface area contributed by atoms with E-state index in [2.05, 4.69) is 18.7 Å². The van der Waals surface area contributed by atoms with Gasteiger partial charge in [0.15, 0.2) is 0 Å². The first-order valence-corrected chi connectivity index (χ1v) is 11.9. The second kappa shape index (κ2) is 11.2. The van der Waals surface area contributed by atoms with Crippen molar-refractivity contribution in [2.24, 2.45) is 0 Å². The molecule has 0 aliphatic carbocycles. The fourth-order valence-corrected chi connectivity index (χ4v) is 4.36. The standard InChI is InChI=1S/C27H34N2O5/c1-5-28(6-2)15-8-16-29-24(19-10-12-20(13-11-19)34-7-3)23(26(32)27(29)33)25(31)21-17-18(4)9-14-22(21)30/h9-14,17,24,30-31H,5-8,15-16H2,1-4H3/b25-23+. The van der Waals surface area contributed by atoms with Crippen LogP contribution in [0, 0.1) is 6.92 Å². The molecular formula is C27H34N2O5. The molecule has 3 rings (SSSR count). The number of ketones is 1. The zero-order chi connectivity index (χ0) is 24.8. The molecule has 1 saturated heterocycles. The first-order chi connectivity index (χ1) is 16.3. The first kappa shape index (κ1) is 25.3. The number of nitrogens with zero attached hydrogens (tertiary/aromatic N) is 2. The molecule has 1 amide bonds. The Kier molecular flexibility index (Phi) is 8.34. The van der Waals surface area contributed by atoms with Crippen molar-refractivity contribution >= 4 is 17.4 Å². The summed E-state index contributed by atoms with van der Waals surface area (Å²) >= 11 is 0. The number of aromatic hydroxyl groups is 1. The van der Waals surface area contributed by atoms with Crippen LogP contribution in [0.15, 0.2) is 48.0 Å². The highest BCUT2D eigenvalue weighted by molar-refractivity contribution is 6.46. The predicted molar refractivity (Wildman–Crippen MR) is 132 cm³/mol. The van der Waals surface area contributed by atoms with Crippen LogP contribution in [-0.4, -0.2) is 64.5 Å². The molecule has 1 atom stereocenters. The molecule has 2 N–H and O–H groups in total. The van der Waals surface area contributed by atoms with Crippen LogP contribution in [0.25, 0.3) is 5.76 Å². The Morgan fingerprint density at radius 3 is 2.35 bits per heavy atom. The van der Waals surface area contributed by atoms with Crippen LogP contribution in [0.5, 0.6) is 11.5 Å². The number of aryl methyl sites for hydroxylation is 1. The molecule has 182 valence electrons. The van der Waals surface area contributed by atoms with Gasteiger partial charge in [0.1, 0.15) is 17.3 Å². The highest BCUT2D eigenvalue weighted by Gasteiger charge is 2.46. The molecule has 2 aromatic rings. The summed E-state index contributed by atoms with van der Waals surface area (Å²) in [6.45, 7) is 11.4. The summed E-state index contributed by atoms with van der Waals surface area (Å²) in [5.41, 5.74) is 1.62. The zero-order valence-electron chi connectivity index (χ0n) is 20.4. The summed E-state index contributed by atoms with van der Waals surface area (Å²) in [4.78, 5) is 30.0. The molecule has 0 saturated carbocycles. The fourth-order valence-electron chi connectivity index (χ4n) is 4.36. The predicted octanol–water partition coefficient (Wildman–Crippen LogP) is 4.25. The first-order valence-electron chi connectivity index (χ1n) is 11.9. The molecule has 1 heterocycles. The SMILES string of the molecule is CCOc1ccc(C2/C(=C(\O)c3cc(C)ccc3O)C(=O)C(=O)N2CCCN(CC)CC)cc1. The maximum atomic E-state index is 13.2. The van der Waals surface area contributed by atoms with Crippen LogP contribution in [-0.2, 0) is 9.59 Å². The van der Waals surface area contributed by atoms with E-state index in [-0.39, 0.29) is 22.6 Å². The Bertz CT molecular complexity index is 1060. The Morgan fingerprint density at radius 1 is 1.06 bits per heavy atom. The Labute approximate surface area is 201 Å². The van der Waals surface area contributed by atoms with Crippen molar-refractivity contribution in [3.05, 3.63) is 64.7 Å². The molecule has 1 aliphatic heterocycles. The topological polar surface area (TPSA) is 90.3 Å². The van der Waals surface area contributed by atoms with E-state index in [4.69, 9.17) is 4.74 Å². The number of rotatable bonds is 10. The average molecular weight is 467 g/mol. The van der Waals surface area contributed by atoms with Gasteiger partial charge in [-0.1, -0.05) is 37.6 Å². The molecule has 7 nitrogen and oxygen atoms in total. The number of hydrogen-bond acceptors (Lipinski definition) is 6. The number of phenolic OH excluding ortho intramolecular Hbond substituents is 1. The van der Waals surface area contributed by atoms with E-state index in [9.17, 15) is 19.8 Å². The molecule has 0 bridgehead atoms. The lowest BCUT2D eigenvalue weighted by molar-refractivity contribution is -0.140. The van der Waals surface area contributed by atoms with E-state index < -0.39 is 17.7 Å². The number of phenols is 1. The normalized spacial score (nSPS) is 17.6. The Balaban J connectivity index is 2.06. The van der Waals surface area contributed by atoms with E-state index in [0.717, 1.165) is 25.2 Å². The van der Waals surface area contributed by atoms with Gasteiger partial charge in [0, 0.05) is 6.54 Å². The lowest BCUT2D eigenvalue weighted by atomic mass is 9.94. The number of aliphatic hydroxyl groups is 1. The van der Waals surface area contributed by atoms with Crippen LogP contribution in [0.4, 0.5) is 0 Å². The Morgan fingerprint density at radius 2 is 1.74 bits per heavy atom. The van der Waals surface area contributed by atoms with Gasteiger partial charge in [0.05, 0.1) is 23.8 Å². The van der Waals surface area contributed by atoms with Crippen molar-refractivity contribution in [3.63, 3.8) is 0 Å². The van der Waals surface area contributed by atoms with Crippen LogP contribution in [0.1, 0.15) is 49.9 Å². The lowest BCUT2D eigenvalue weighted by Gasteiger charge is -2.27. The van der Waals surface area contributed by atoms with Crippen molar-refractivity contribution in [2.75, 3.05) is 32.8 Å². The highest BCUT2D eigenvalue weighted by Crippen LogP contribution is 2.41. The summed E-state index contributed by atoms with van der Waals surface area (Å²) in [5.74, 6) is -1.24. The minimum Gasteiger partial charge on any atom is -0.507 e. The number of ether oxygens (including phenoxy) is 1. The van der Waals surface area contributed by atoms with Crippen molar-refractivity contribution in [1.29, 1.82) is 0 Å². The minimum absolute atomic E-state index is 0.0158. The zero-order valence-corrected chi connectivity index (χ0v) is 20.4. The number of hydrogen-bond donors (Lipinski definition) is 2. The van der Waals surface area contributed by atoms with Crippen LogP contribution in [0.3, 0.4) is 0 Å². The van der Waals surface area contributed by atoms with Gasteiger partial charge in [-0.3, -0.25) is 9.59 Å². The third-order valence-electron chi connectivity index (χ3n) is 6.22. The highest BCUT2D eigenvalue weighted by atomic mass is 16.5. The van der Waals surface area contributed by atoms with Gasteiger partial charge in [-0.05, 0) is 69.7 Å². The molecule has 0 spiro atoms. The second-order valence-corrected chi connectivity index (χ2v) is 8.40. The summed E-state index contributed by atoms with van der Waals surface area (Å²) < 4.78 is 5.53. The number of aliphatic hydroxyl groups excluding tert-OH is 1. The van der Waals surface area contributed by atoms with E-state index in [1.54, 1.807) is 24.3 Å².